The average molecular weight is 402 g/mol. The number of rotatable bonds is 4. The molecule has 126 valence electrons. The second-order valence-electron chi connectivity index (χ2n) is 5.13. The zero-order chi connectivity index (χ0) is 17.4. The van der Waals surface area contributed by atoms with Gasteiger partial charge in [0.25, 0.3) is 0 Å². The van der Waals surface area contributed by atoms with Gasteiger partial charge in [-0.15, -0.1) is 0 Å². The standard InChI is InChI=1S/C15H12BrN7O2/c1-2-25-15(24)12-11(16)10-13(18-6-19-14(10)22-12)21-9-3-7-4-20-23-8(7)5-17-9/h3-6H,2H2,1H3,(H,20,23)(H2,17,18,19,21,22). The van der Waals surface area contributed by atoms with Gasteiger partial charge in [-0.3, -0.25) is 5.10 Å². The maximum atomic E-state index is 12.0. The van der Waals surface area contributed by atoms with Crippen molar-refractivity contribution in [1.29, 1.82) is 0 Å². The van der Waals surface area contributed by atoms with Crippen LogP contribution in [-0.4, -0.2) is 42.7 Å². The Bertz CT molecular complexity index is 1090. The first-order valence-electron chi connectivity index (χ1n) is 7.42. The SMILES string of the molecule is CCOC(=O)c1[nH]c2ncnc(Nc3cc4cn[nH]c4cn3)c2c1Br. The van der Waals surface area contributed by atoms with Crippen LogP contribution >= 0.6 is 15.9 Å². The molecule has 0 amide bonds. The largest absolute Gasteiger partial charge is 0.461 e. The van der Waals surface area contributed by atoms with E-state index in [0.29, 0.717) is 32.8 Å². The summed E-state index contributed by atoms with van der Waals surface area (Å²) >= 11 is 3.43. The van der Waals surface area contributed by atoms with E-state index >= 15 is 0 Å². The Morgan fingerprint density at radius 1 is 1.32 bits per heavy atom. The van der Waals surface area contributed by atoms with Crippen LogP contribution in [0, 0.1) is 0 Å². The van der Waals surface area contributed by atoms with Crippen molar-refractivity contribution in [3.05, 3.63) is 35.0 Å². The Labute approximate surface area is 149 Å². The summed E-state index contributed by atoms with van der Waals surface area (Å²) in [6.07, 6.45) is 4.79. The number of pyridine rings is 1. The molecule has 4 aromatic heterocycles. The molecule has 0 radical (unpaired) electrons. The number of nitrogens with one attached hydrogen (secondary N) is 3. The van der Waals surface area contributed by atoms with Gasteiger partial charge in [-0.1, -0.05) is 0 Å². The lowest BCUT2D eigenvalue weighted by Gasteiger charge is -2.06. The molecule has 0 bridgehead atoms. The van der Waals surface area contributed by atoms with Crippen LogP contribution in [0.3, 0.4) is 0 Å². The number of aromatic nitrogens is 6. The van der Waals surface area contributed by atoms with E-state index in [9.17, 15) is 4.79 Å². The molecule has 0 aliphatic rings. The predicted molar refractivity (Wildman–Crippen MR) is 94.7 cm³/mol. The summed E-state index contributed by atoms with van der Waals surface area (Å²) in [6, 6.07) is 1.85. The first-order chi connectivity index (χ1) is 12.2. The van der Waals surface area contributed by atoms with Crippen molar-refractivity contribution in [3.63, 3.8) is 0 Å². The van der Waals surface area contributed by atoms with Crippen LogP contribution in [-0.2, 0) is 4.74 Å². The number of hydrogen-bond donors (Lipinski definition) is 3. The molecule has 0 fully saturated rings. The molecular formula is C15H12BrN7O2. The molecule has 4 heterocycles. The van der Waals surface area contributed by atoms with Crippen LogP contribution in [0.15, 0.2) is 29.3 Å². The van der Waals surface area contributed by atoms with Gasteiger partial charge in [0.05, 0.1) is 34.4 Å². The lowest BCUT2D eigenvalue weighted by atomic mass is 10.3. The lowest BCUT2D eigenvalue weighted by Crippen LogP contribution is -2.05. The third kappa shape index (κ3) is 2.70. The van der Waals surface area contributed by atoms with Gasteiger partial charge in [-0.2, -0.15) is 5.10 Å². The van der Waals surface area contributed by atoms with E-state index in [1.54, 1.807) is 19.3 Å². The number of aromatic amines is 2. The number of anilines is 2. The van der Waals surface area contributed by atoms with Gasteiger partial charge in [0, 0.05) is 5.39 Å². The second kappa shape index (κ2) is 6.13. The molecule has 10 heteroatoms. The molecule has 3 N–H and O–H groups in total. The van der Waals surface area contributed by atoms with Crippen molar-refractivity contribution in [3.8, 4) is 0 Å². The van der Waals surface area contributed by atoms with E-state index < -0.39 is 5.97 Å². The van der Waals surface area contributed by atoms with Crippen molar-refractivity contribution >= 4 is 55.5 Å². The molecule has 4 aromatic rings. The van der Waals surface area contributed by atoms with E-state index in [1.807, 2.05) is 6.07 Å². The Hall–Kier alpha value is -3.01. The summed E-state index contributed by atoms with van der Waals surface area (Å²) in [5.41, 5.74) is 1.64. The molecule has 0 saturated heterocycles. The van der Waals surface area contributed by atoms with Crippen LogP contribution < -0.4 is 5.32 Å². The van der Waals surface area contributed by atoms with Crippen LogP contribution in [0.25, 0.3) is 21.9 Å². The normalized spacial score (nSPS) is 11.1. The van der Waals surface area contributed by atoms with Crippen molar-refractivity contribution in [1.82, 2.24) is 30.1 Å². The summed E-state index contributed by atoms with van der Waals surface area (Å²) in [6.45, 7) is 2.03. The minimum absolute atomic E-state index is 0.284. The zero-order valence-electron chi connectivity index (χ0n) is 13.0. The molecule has 9 nitrogen and oxygen atoms in total. The average Bonchev–Trinajstić information content (AvgIpc) is 3.20. The molecule has 0 aromatic carbocycles. The third-order valence-electron chi connectivity index (χ3n) is 3.58. The lowest BCUT2D eigenvalue weighted by molar-refractivity contribution is 0.0519. The first-order valence-corrected chi connectivity index (χ1v) is 8.22. The smallest absolute Gasteiger partial charge is 0.355 e. The maximum Gasteiger partial charge on any atom is 0.355 e. The molecule has 0 aliphatic heterocycles. The van der Waals surface area contributed by atoms with Crippen molar-refractivity contribution in [2.45, 2.75) is 6.92 Å². The molecule has 0 spiro atoms. The number of ether oxygens (including phenoxy) is 1. The molecular weight excluding hydrogens is 390 g/mol. The zero-order valence-corrected chi connectivity index (χ0v) is 14.6. The highest BCUT2D eigenvalue weighted by atomic mass is 79.9. The minimum atomic E-state index is -0.462. The Kier molecular flexibility index (Phi) is 3.80. The van der Waals surface area contributed by atoms with E-state index in [2.05, 4.69) is 51.4 Å². The fraction of sp³-hybridized carbons (Fsp3) is 0.133. The number of carbonyl (C=O) groups is 1. The van der Waals surface area contributed by atoms with Crippen LogP contribution in [0.5, 0.6) is 0 Å². The highest BCUT2D eigenvalue weighted by molar-refractivity contribution is 9.10. The van der Waals surface area contributed by atoms with E-state index in [0.717, 1.165) is 10.9 Å². The first kappa shape index (κ1) is 15.5. The van der Waals surface area contributed by atoms with E-state index in [1.165, 1.54) is 6.33 Å². The summed E-state index contributed by atoms with van der Waals surface area (Å²) in [4.78, 5) is 27.8. The molecule has 0 atom stereocenters. The van der Waals surface area contributed by atoms with E-state index in [4.69, 9.17) is 4.74 Å². The predicted octanol–water partition coefficient (Wildman–Crippen LogP) is 2.91. The minimum Gasteiger partial charge on any atom is -0.461 e. The van der Waals surface area contributed by atoms with Crippen LogP contribution in [0.4, 0.5) is 11.6 Å². The van der Waals surface area contributed by atoms with Gasteiger partial charge in [-0.25, -0.2) is 19.7 Å². The monoisotopic (exact) mass is 401 g/mol. The van der Waals surface area contributed by atoms with Crippen molar-refractivity contribution < 1.29 is 9.53 Å². The number of fused-ring (bicyclic) bond motifs is 2. The molecule has 0 saturated carbocycles. The van der Waals surface area contributed by atoms with Gasteiger partial charge in [0.2, 0.25) is 0 Å². The van der Waals surface area contributed by atoms with Gasteiger partial charge in [-0.05, 0) is 28.9 Å². The molecule has 0 unspecified atom stereocenters. The van der Waals surface area contributed by atoms with Gasteiger partial charge in [0.1, 0.15) is 29.3 Å². The third-order valence-corrected chi connectivity index (χ3v) is 4.37. The van der Waals surface area contributed by atoms with Crippen LogP contribution in [0.2, 0.25) is 0 Å². The van der Waals surface area contributed by atoms with Gasteiger partial charge >= 0.3 is 5.97 Å². The van der Waals surface area contributed by atoms with Gasteiger partial charge < -0.3 is 15.0 Å². The summed E-state index contributed by atoms with van der Waals surface area (Å²) in [5.74, 6) is 0.648. The molecule has 4 rings (SSSR count). The van der Waals surface area contributed by atoms with E-state index in [-0.39, 0.29) is 6.61 Å². The van der Waals surface area contributed by atoms with Crippen molar-refractivity contribution in [2.75, 3.05) is 11.9 Å². The summed E-state index contributed by atoms with van der Waals surface area (Å²) < 4.78 is 5.58. The van der Waals surface area contributed by atoms with Gasteiger partial charge in [0.15, 0.2) is 0 Å². The maximum absolute atomic E-state index is 12.0. The topological polar surface area (TPSA) is 121 Å². The summed E-state index contributed by atoms with van der Waals surface area (Å²) in [7, 11) is 0. The quantitative estimate of drug-likeness (QED) is 0.449. The Balaban J connectivity index is 1.77. The fourth-order valence-corrected chi connectivity index (χ4v) is 3.09. The Morgan fingerprint density at radius 2 is 2.20 bits per heavy atom. The number of esters is 1. The highest BCUT2D eigenvalue weighted by Crippen LogP contribution is 2.33. The number of nitrogens with zero attached hydrogens (tertiary/aromatic N) is 4. The van der Waals surface area contributed by atoms with Crippen molar-refractivity contribution in [2.24, 2.45) is 0 Å². The summed E-state index contributed by atoms with van der Waals surface area (Å²) in [5, 5.41) is 11.5. The second-order valence-corrected chi connectivity index (χ2v) is 5.93. The molecule has 25 heavy (non-hydrogen) atoms. The van der Waals surface area contributed by atoms with Crippen LogP contribution in [0.1, 0.15) is 17.4 Å². The fourth-order valence-electron chi connectivity index (χ4n) is 2.46. The number of halogens is 1. The number of carbonyl (C=O) groups excluding carboxylic acids is 1. The Morgan fingerprint density at radius 3 is 3.04 bits per heavy atom. The number of H-pyrrole nitrogens is 2. The molecule has 0 aliphatic carbocycles. The number of hydrogen-bond acceptors (Lipinski definition) is 7. The highest BCUT2D eigenvalue weighted by Gasteiger charge is 2.21.